The average Bonchev–Trinajstić information content (AvgIpc) is 2.80. The van der Waals surface area contributed by atoms with Crippen LogP contribution in [0.4, 0.5) is 0 Å². The zero-order chi connectivity index (χ0) is 23.3. The van der Waals surface area contributed by atoms with Crippen molar-refractivity contribution in [3.05, 3.63) is 115 Å². The lowest BCUT2D eigenvalue weighted by atomic mass is 9.84. The van der Waals surface area contributed by atoms with Gasteiger partial charge < -0.3 is 19.0 Å². The number of fused-ring (bicyclic) bond motifs is 2. The van der Waals surface area contributed by atoms with E-state index in [4.69, 9.17) is 8.83 Å². The number of aryl methyl sites for hydroxylation is 2. The summed E-state index contributed by atoms with van der Waals surface area (Å²) in [5, 5.41) is 23.1. The van der Waals surface area contributed by atoms with E-state index in [1.165, 1.54) is 0 Å². The maximum atomic E-state index is 13.2. The number of para-hydroxylation sites is 2. The molecule has 2 N–H and O–H groups in total. The van der Waals surface area contributed by atoms with E-state index in [0.717, 1.165) is 0 Å². The number of rotatable bonds is 3. The van der Waals surface area contributed by atoms with Crippen LogP contribution in [0.3, 0.4) is 0 Å². The molecule has 0 amide bonds. The molecule has 2 heterocycles. The molecule has 0 saturated carbocycles. The molecule has 0 bridgehead atoms. The minimum atomic E-state index is -1.12. The molecule has 0 aliphatic carbocycles. The smallest absolute Gasteiger partial charge is 0.344 e. The number of hydrogen-bond acceptors (Lipinski definition) is 6. The van der Waals surface area contributed by atoms with Crippen molar-refractivity contribution >= 4 is 21.9 Å². The van der Waals surface area contributed by atoms with E-state index in [9.17, 15) is 19.8 Å². The summed E-state index contributed by atoms with van der Waals surface area (Å²) in [6.45, 7) is 3.54. The van der Waals surface area contributed by atoms with Crippen molar-refractivity contribution in [2.45, 2.75) is 19.8 Å². The molecule has 0 unspecified atom stereocenters. The van der Waals surface area contributed by atoms with Crippen LogP contribution in [0.15, 0.2) is 85.2 Å². The highest BCUT2D eigenvalue weighted by molar-refractivity contribution is 5.89. The van der Waals surface area contributed by atoms with Crippen LogP contribution in [-0.4, -0.2) is 10.2 Å². The van der Waals surface area contributed by atoms with Gasteiger partial charge in [0.1, 0.15) is 22.7 Å². The van der Waals surface area contributed by atoms with E-state index < -0.39 is 17.2 Å². The molecule has 3 aromatic carbocycles. The van der Waals surface area contributed by atoms with Crippen molar-refractivity contribution < 1.29 is 19.0 Å². The molecule has 5 aromatic rings. The third-order valence-electron chi connectivity index (χ3n) is 5.98. The lowest BCUT2D eigenvalue weighted by Crippen LogP contribution is -2.21. The van der Waals surface area contributed by atoms with E-state index in [-0.39, 0.29) is 33.8 Å². The van der Waals surface area contributed by atoms with Gasteiger partial charge in [-0.3, -0.25) is 0 Å². The second-order valence-electron chi connectivity index (χ2n) is 8.05. The van der Waals surface area contributed by atoms with E-state index in [1.807, 2.05) is 0 Å². The van der Waals surface area contributed by atoms with Crippen molar-refractivity contribution in [2.75, 3.05) is 0 Å². The van der Waals surface area contributed by atoms with Crippen molar-refractivity contribution in [2.24, 2.45) is 0 Å². The van der Waals surface area contributed by atoms with Gasteiger partial charge in [-0.05, 0) is 42.7 Å². The first-order valence-corrected chi connectivity index (χ1v) is 10.4. The highest BCUT2D eigenvalue weighted by Gasteiger charge is 2.32. The van der Waals surface area contributed by atoms with Crippen LogP contribution >= 0.6 is 0 Å². The minimum absolute atomic E-state index is 0.145. The van der Waals surface area contributed by atoms with Crippen LogP contribution < -0.4 is 11.3 Å². The Morgan fingerprint density at radius 1 is 0.636 bits per heavy atom. The monoisotopic (exact) mass is 440 g/mol. The Labute approximate surface area is 188 Å². The summed E-state index contributed by atoms with van der Waals surface area (Å²) in [4.78, 5) is 26.4. The van der Waals surface area contributed by atoms with Crippen LogP contribution in [0.2, 0.25) is 0 Å². The first kappa shape index (κ1) is 20.6. The van der Waals surface area contributed by atoms with Crippen molar-refractivity contribution in [1.29, 1.82) is 0 Å². The van der Waals surface area contributed by atoms with Gasteiger partial charge in [0.2, 0.25) is 0 Å². The number of aromatic hydroxyl groups is 2. The lowest BCUT2D eigenvalue weighted by molar-refractivity contribution is 0.441. The van der Waals surface area contributed by atoms with Gasteiger partial charge in [-0.25, -0.2) is 9.59 Å². The molecule has 2 aromatic heterocycles. The Morgan fingerprint density at radius 3 is 1.55 bits per heavy atom. The molecule has 0 spiro atoms. The first-order valence-electron chi connectivity index (χ1n) is 10.4. The van der Waals surface area contributed by atoms with Crippen LogP contribution in [0.5, 0.6) is 11.5 Å². The van der Waals surface area contributed by atoms with Gasteiger partial charge in [-0.2, -0.15) is 0 Å². The summed E-state index contributed by atoms with van der Waals surface area (Å²) in [7, 11) is 0. The lowest BCUT2D eigenvalue weighted by Gasteiger charge is -2.20. The third-order valence-corrected chi connectivity index (χ3v) is 5.98. The van der Waals surface area contributed by atoms with E-state index in [2.05, 4.69) is 0 Å². The minimum Gasteiger partial charge on any atom is -0.507 e. The predicted octanol–water partition coefficient (Wildman–Crippen LogP) is 5.11. The van der Waals surface area contributed by atoms with Gasteiger partial charge in [-0.1, -0.05) is 54.6 Å². The molecule has 6 nitrogen and oxygen atoms in total. The predicted molar refractivity (Wildman–Crippen MR) is 125 cm³/mol. The average molecular weight is 440 g/mol. The summed E-state index contributed by atoms with van der Waals surface area (Å²) in [5.74, 6) is -1.72. The molecular formula is C27H20O6. The van der Waals surface area contributed by atoms with Crippen LogP contribution in [0.1, 0.15) is 33.7 Å². The maximum Gasteiger partial charge on any atom is 0.344 e. The van der Waals surface area contributed by atoms with E-state index in [1.54, 1.807) is 80.6 Å². The summed E-state index contributed by atoms with van der Waals surface area (Å²) in [5.41, 5.74) is 0.529. The van der Waals surface area contributed by atoms with Gasteiger partial charge in [0.25, 0.3) is 0 Å². The SMILES string of the molecule is Cc1cccc2c(O)c(C(c3ccccc3)c3c(O)c4cccc(C)c4oc3=O)c(=O)oc12. The molecule has 0 atom stereocenters. The van der Waals surface area contributed by atoms with Crippen LogP contribution in [-0.2, 0) is 0 Å². The van der Waals surface area contributed by atoms with Gasteiger partial charge >= 0.3 is 11.3 Å². The molecule has 5 rings (SSSR count). The molecule has 0 fully saturated rings. The Hall–Kier alpha value is -4.32. The Kier molecular flexibility index (Phi) is 4.78. The second-order valence-corrected chi connectivity index (χ2v) is 8.05. The number of hydrogen-bond donors (Lipinski definition) is 2. The Bertz CT molecular complexity index is 1540. The first-order chi connectivity index (χ1) is 15.9. The highest BCUT2D eigenvalue weighted by atomic mass is 16.4. The standard InChI is InChI=1S/C27H20O6/c1-14-8-6-12-17-22(28)20(26(30)32-24(14)17)19(16-10-4-3-5-11-16)21-23(29)18-13-7-9-15(2)25(18)33-27(21)31/h3-13,19,28-29H,1-2H3. The molecule has 0 aliphatic rings. The quantitative estimate of drug-likeness (QED) is 0.378. The normalized spacial score (nSPS) is 11.5. The second kappa shape index (κ2) is 7.67. The van der Waals surface area contributed by atoms with Gasteiger partial charge in [0.05, 0.1) is 27.8 Å². The zero-order valence-electron chi connectivity index (χ0n) is 18.0. The zero-order valence-corrected chi connectivity index (χ0v) is 18.0. The molecule has 0 radical (unpaired) electrons. The van der Waals surface area contributed by atoms with Crippen LogP contribution in [0.25, 0.3) is 21.9 Å². The fourth-order valence-electron chi connectivity index (χ4n) is 4.36. The molecule has 0 saturated heterocycles. The fourth-order valence-corrected chi connectivity index (χ4v) is 4.36. The van der Waals surface area contributed by atoms with Gasteiger partial charge in [-0.15, -0.1) is 0 Å². The van der Waals surface area contributed by atoms with Crippen molar-refractivity contribution in [1.82, 2.24) is 0 Å². The molecule has 6 heteroatoms. The van der Waals surface area contributed by atoms with Crippen molar-refractivity contribution in [3.8, 4) is 11.5 Å². The van der Waals surface area contributed by atoms with Crippen LogP contribution in [0, 0.1) is 13.8 Å². The van der Waals surface area contributed by atoms with Gasteiger partial charge in [0.15, 0.2) is 0 Å². The highest BCUT2D eigenvalue weighted by Crippen LogP contribution is 2.42. The molecule has 0 aliphatic heterocycles. The van der Waals surface area contributed by atoms with Gasteiger partial charge in [0, 0.05) is 0 Å². The topological polar surface area (TPSA) is 101 Å². The molecular weight excluding hydrogens is 420 g/mol. The summed E-state index contributed by atoms with van der Waals surface area (Å²) >= 11 is 0. The largest absolute Gasteiger partial charge is 0.507 e. The third kappa shape index (κ3) is 3.19. The van der Waals surface area contributed by atoms with E-state index in [0.29, 0.717) is 27.5 Å². The summed E-state index contributed by atoms with van der Waals surface area (Å²) in [6.07, 6.45) is 0. The molecule has 164 valence electrons. The fraction of sp³-hybridized carbons (Fsp3) is 0.111. The van der Waals surface area contributed by atoms with E-state index >= 15 is 0 Å². The summed E-state index contributed by atoms with van der Waals surface area (Å²) in [6, 6.07) is 19.0. The Morgan fingerprint density at radius 2 is 1.09 bits per heavy atom. The number of benzene rings is 3. The Balaban J connectivity index is 1.92. The maximum absolute atomic E-state index is 13.2. The van der Waals surface area contributed by atoms with Crippen molar-refractivity contribution in [3.63, 3.8) is 0 Å². The molecule has 33 heavy (non-hydrogen) atoms. The summed E-state index contributed by atoms with van der Waals surface area (Å²) < 4.78 is 11.2.